The quantitative estimate of drug-likeness (QED) is 0.565. The minimum atomic E-state index is -0.627. The fourth-order valence-electron chi connectivity index (χ4n) is 4.16. The second-order valence-corrected chi connectivity index (χ2v) is 7.86. The van der Waals surface area contributed by atoms with Crippen LogP contribution >= 0.6 is 0 Å². The van der Waals surface area contributed by atoms with E-state index in [4.69, 9.17) is 4.74 Å². The first-order chi connectivity index (χ1) is 14.5. The standard InChI is InChI=1S/C22H32N4O4/c1-3-25-13-4-5-17(25)15-23-20(27)11-10-19-21(28)26(22(29)24-19)14-12-16-6-8-18(30-2)9-7-16/h6-9,17,19H,3-5,10-15H2,1-2H3,(H,23,27)(H,24,29)/t17?,19-/m0/s1. The van der Waals surface area contributed by atoms with Crippen molar-refractivity contribution >= 4 is 17.8 Å². The maximum atomic E-state index is 12.6. The number of nitrogens with one attached hydrogen (secondary N) is 2. The van der Waals surface area contributed by atoms with Crippen molar-refractivity contribution in [1.29, 1.82) is 0 Å². The molecule has 2 saturated heterocycles. The molecule has 0 spiro atoms. The van der Waals surface area contributed by atoms with Crippen LogP contribution in [0.15, 0.2) is 24.3 Å². The third-order valence-electron chi connectivity index (χ3n) is 5.99. The van der Waals surface area contributed by atoms with Gasteiger partial charge in [-0.3, -0.25) is 19.4 Å². The highest BCUT2D eigenvalue weighted by atomic mass is 16.5. The number of carbonyl (C=O) groups is 3. The number of amides is 4. The number of imide groups is 1. The van der Waals surface area contributed by atoms with E-state index < -0.39 is 6.04 Å². The van der Waals surface area contributed by atoms with Gasteiger partial charge in [-0.1, -0.05) is 19.1 Å². The van der Waals surface area contributed by atoms with E-state index in [-0.39, 0.29) is 24.3 Å². The Labute approximate surface area is 177 Å². The Balaban J connectivity index is 1.41. The molecule has 2 fully saturated rings. The fraction of sp³-hybridized carbons (Fsp3) is 0.591. The second kappa shape index (κ2) is 10.4. The molecule has 0 bridgehead atoms. The van der Waals surface area contributed by atoms with Crippen LogP contribution in [0.25, 0.3) is 0 Å². The topological polar surface area (TPSA) is 91.0 Å². The van der Waals surface area contributed by atoms with Gasteiger partial charge in [-0.2, -0.15) is 0 Å². The summed E-state index contributed by atoms with van der Waals surface area (Å²) in [5, 5.41) is 5.68. The van der Waals surface area contributed by atoms with Crippen molar-refractivity contribution < 1.29 is 19.1 Å². The first-order valence-corrected chi connectivity index (χ1v) is 10.8. The summed E-state index contributed by atoms with van der Waals surface area (Å²) in [6.45, 7) is 5.18. The van der Waals surface area contributed by atoms with Crippen LogP contribution < -0.4 is 15.4 Å². The van der Waals surface area contributed by atoms with Gasteiger partial charge in [0.15, 0.2) is 0 Å². The molecule has 1 aromatic rings. The molecule has 1 unspecified atom stereocenters. The van der Waals surface area contributed by atoms with Gasteiger partial charge in [0, 0.05) is 25.6 Å². The number of hydrogen-bond donors (Lipinski definition) is 2. The van der Waals surface area contributed by atoms with Crippen LogP contribution in [-0.4, -0.2) is 73.0 Å². The normalized spacial score (nSPS) is 21.7. The summed E-state index contributed by atoms with van der Waals surface area (Å²) in [5.41, 5.74) is 1.02. The summed E-state index contributed by atoms with van der Waals surface area (Å²) in [4.78, 5) is 40.6. The van der Waals surface area contributed by atoms with Gasteiger partial charge in [0.1, 0.15) is 11.8 Å². The maximum absolute atomic E-state index is 12.6. The Morgan fingerprint density at radius 1 is 1.27 bits per heavy atom. The SMILES string of the molecule is CCN1CCCC1CNC(=O)CC[C@@H]1NC(=O)N(CCc2ccc(OC)cc2)C1=O. The van der Waals surface area contributed by atoms with Crippen LogP contribution in [0.3, 0.4) is 0 Å². The van der Waals surface area contributed by atoms with Gasteiger partial charge in [0.25, 0.3) is 5.91 Å². The van der Waals surface area contributed by atoms with Crippen LogP contribution in [0.2, 0.25) is 0 Å². The van der Waals surface area contributed by atoms with E-state index in [9.17, 15) is 14.4 Å². The number of rotatable bonds is 10. The molecule has 0 aliphatic carbocycles. The summed E-state index contributed by atoms with van der Waals surface area (Å²) in [5.74, 6) is 0.438. The van der Waals surface area contributed by atoms with Gasteiger partial charge >= 0.3 is 6.03 Å². The molecule has 8 heteroatoms. The lowest BCUT2D eigenvalue weighted by atomic mass is 10.1. The third-order valence-corrected chi connectivity index (χ3v) is 5.99. The minimum absolute atomic E-state index is 0.0725. The molecule has 2 aliphatic heterocycles. The van der Waals surface area contributed by atoms with Gasteiger partial charge < -0.3 is 15.4 Å². The highest BCUT2D eigenvalue weighted by Crippen LogP contribution is 2.17. The molecule has 3 rings (SSSR count). The van der Waals surface area contributed by atoms with Crippen molar-refractivity contribution in [1.82, 2.24) is 20.4 Å². The molecule has 1 aromatic carbocycles. The number of carbonyl (C=O) groups excluding carboxylic acids is 3. The van der Waals surface area contributed by atoms with Crippen LogP contribution in [-0.2, 0) is 16.0 Å². The van der Waals surface area contributed by atoms with Crippen LogP contribution in [0.1, 0.15) is 38.2 Å². The molecule has 4 amide bonds. The number of likely N-dealkylation sites (tertiary alicyclic amines) is 1. The number of hydrogen-bond acceptors (Lipinski definition) is 5. The Kier molecular flexibility index (Phi) is 7.68. The number of methoxy groups -OCH3 is 1. The number of likely N-dealkylation sites (N-methyl/N-ethyl adjacent to an activating group) is 1. The van der Waals surface area contributed by atoms with E-state index in [0.717, 1.165) is 30.8 Å². The van der Waals surface area contributed by atoms with Crippen LogP contribution in [0, 0.1) is 0 Å². The molecule has 0 aromatic heterocycles. The van der Waals surface area contributed by atoms with E-state index in [1.54, 1.807) is 7.11 Å². The molecule has 2 heterocycles. The molecule has 0 radical (unpaired) electrons. The van der Waals surface area contributed by atoms with Gasteiger partial charge in [-0.15, -0.1) is 0 Å². The van der Waals surface area contributed by atoms with E-state index in [1.165, 1.54) is 11.3 Å². The summed E-state index contributed by atoms with van der Waals surface area (Å²) in [7, 11) is 1.61. The van der Waals surface area contributed by atoms with Crippen molar-refractivity contribution in [3.05, 3.63) is 29.8 Å². The third kappa shape index (κ3) is 5.50. The lowest BCUT2D eigenvalue weighted by molar-refractivity contribution is -0.127. The van der Waals surface area contributed by atoms with E-state index in [1.807, 2.05) is 24.3 Å². The molecular weight excluding hydrogens is 384 g/mol. The van der Waals surface area contributed by atoms with Gasteiger partial charge in [-0.05, 0) is 56.5 Å². The lowest BCUT2D eigenvalue weighted by Gasteiger charge is -2.22. The Morgan fingerprint density at radius 3 is 2.73 bits per heavy atom. The summed E-state index contributed by atoms with van der Waals surface area (Å²) >= 11 is 0. The largest absolute Gasteiger partial charge is 0.497 e. The number of urea groups is 1. The monoisotopic (exact) mass is 416 g/mol. The zero-order valence-corrected chi connectivity index (χ0v) is 17.9. The summed E-state index contributed by atoms with van der Waals surface area (Å²) in [6.07, 6.45) is 3.39. The van der Waals surface area contributed by atoms with Crippen molar-refractivity contribution in [2.24, 2.45) is 0 Å². The molecule has 2 atom stereocenters. The van der Waals surface area contributed by atoms with E-state index in [2.05, 4.69) is 22.5 Å². The maximum Gasteiger partial charge on any atom is 0.324 e. The van der Waals surface area contributed by atoms with Gasteiger partial charge in [0.05, 0.1) is 7.11 Å². The van der Waals surface area contributed by atoms with Crippen molar-refractivity contribution in [3.63, 3.8) is 0 Å². The second-order valence-electron chi connectivity index (χ2n) is 7.86. The predicted octanol–water partition coefficient (Wildman–Crippen LogP) is 1.54. The van der Waals surface area contributed by atoms with Crippen molar-refractivity contribution in [3.8, 4) is 5.75 Å². The highest BCUT2D eigenvalue weighted by molar-refractivity contribution is 6.04. The minimum Gasteiger partial charge on any atom is -0.497 e. The Hall–Kier alpha value is -2.61. The number of benzene rings is 1. The van der Waals surface area contributed by atoms with E-state index in [0.29, 0.717) is 32.0 Å². The zero-order valence-electron chi connectivity index (χ0n) is 17.9. The van der Waals surface area contributed by atoms with Crippen LogP contribution in [0.4, 0.5) is 4.79 Å². The first-order valence-electron chi connectivity index (χ1n) is 10.8. The fourth-order valence-corrected chi connectivity index (χ4v) is 4.16. The molecule has 2 aliphatic rings. The number of nitrogens with zero attached hydrogens (tertiary/aromatic N) is 2. The molecule has 164 valence electrons. The summed E-state index contributed by atoms with van der Waals surface area (Å²) in [6, 6.07) is 6.94. The van der Waals surface area contributed by atoms with E-state index >= 15 is 0 Å². The highest BCUT2D eigenvalue weighted by Gasteiger charge is 2.37. The first kappa shape index (κ1) is 22.1. The zero-order chi connectivity index (χ0) is 21.5. The average Bonchev–Trinajstić information content (AvgIpc) is 3.33. The lowest BCUT2D eigenvalue weighted by Crippen LogP contribution is -2.40. The molecule has 8 nitrogen and oxygen atoms in total. The molecular formula is C22H32N4O4. The predicted molar refractivity (Wildman–Crippen MR) is 113 cm³/mol. The molecule has 2 N–H and O–H groups in total. The van der Waals surface area contributed by atoms with Crippen molar-refractivity contribution in [2.45, 2.75) is 51.1 Å². The molecule has 0 saturated carbocycles. The van der Waals surface area contributed by atoms with Gasteiger partial charge in [0.2, 0.25) is 5.91 Å². The Bertz CT molecular complexity index is 752. The average molecular weight is 417 g/mol. The smallest absolute Gasteiger partial charge is 0.324 e. The van der Waals surface area contributed by atoms with Crippen LogP contribution in [0.5, 0.6) is 5.75 Å². The summed E-state index contributed by atoms with van der Waals surface area (Å²) < 4.78 is 5.13. The Morgan fingerprint density at radius 2 is 2.03 bits per heavy atom. The molecule has 30 heavy (non-hydrogen) atoms. The van der Waals surface area contributed by atoms with Gasteiger partial charge in [-0.25, -0.2) is 4.79 Å². The number of ether oxygens (including phenoxy) is 1. The van der Waals surface area contributed by atoms with Crippen molar-refractivity contribution in [2.75, 3.05) is 33.3 Å².